The lowest BCUT2D eigenvalue weighted by molar-refractivity contribution is 0.951. The van der Waals surface area contributed by atoms with Crippen molar-refractivity contribution < 1.29 is 0 Å². The van der Waals surface area contributed by atoms with Gasteiger partial charge in [-0.05, 0) is 112 Å². The second-order valence-corrected chi connectivity index (χ2v) is 12.8. The highest BCUT2D eigenvalue weighted by Crippen LogP contribution is 2.50. The van der Waals surface area contributed by atoms with Gasteiger partial charge in [0.25, 0.3) is 0 Å². The van der Waals surface area contributed by atoms with Crippen molar-refractivity contribution in [2.45, 2.75) is 56.1 Å². The van der Waals surface area contributed by atoms with Crippen molar-refractivity contribution in [1.29, 1.82) is 0 Å². The van der Waals surface area contributed by atoms with E-state index in [9.17, 15) is 0 Å². The molecule has 0 N–H and O–H groups in total. The molecule has 0 spiro atoms. The SMILES string of the molecule is C/C(=C\c1ccc2c3c(ccc2c1C)CC(c1ccc(C2=CCCC=C2)cc1)S3)c1ccc(C2=CCCC=C2)cc1. The van der Waals surface area contributed by atoms with Crippen LogP contribution in [0.3, 0.4) is 0 Å². The van der Waals surface area contributed by atoms with Crippen molar-refractivity contribution in [3.05, 3.63) is 148 Å². The summed E-state index contributed by atoms with van der Waals surface area (Å²) in [5.74, 6) is 0. The molecule has 0 radical (unpaired) electrons. The minimum Gasteiger partial charge on any atom is -0.117 e. The largest absolute Gasteiger partial charge is 0.117 e. The van der Waals surface area contributed by atoms with E-state index in [0.717, 1.165) is 32.1 Å². The van der Waals surface area contributed by atoms with Gasteiger partial charge < -0.3 is 0 Å². The maximum Gasteiger partial charge on any atom is 0.0385 e. The Morgan fingerprint density at radius 3 is 1.98 bits per heavy atom. The minimum absolute atomic E-state index is 0.477. The smallest absolute Gasteiger partial charge is 0.0385 e. The first kappa shape index (κ1) is 26.1. The zero-order valence-electron chi connectivity index (χ0n) is 24.0. The van der Waals surface area contributed by atoms with Gasteiger partial charge in [-0.3, -0.25) is 0 Å². The third-order valence-corrected chi connectivity index (χ3v) is 10.3. The molecule has 0 saturated heterocycles. The molecule has 1 heterocycles. The second kappa shape index (κ2) is 11.2. The third-order valence-electron chi connectivity index (χ3n) is 8.86. The Morgan fingerprint density at radius 1 is 0.707 bits per heavy atom. The number of allylic oxidation sites excluding steroid dienone is 9. The van der Waals surface area contributed by atoms with Crippen LogP contribution in [0, 0.1) is 6.92 Å². The van der Waals surface area contributed by atoms with Gasteiger partial charge in [-0.25, -0.2) is 0 Å². The first-order chi connectivity index (χ1) is 20.1. The molecular weight excluding hydrogens is 513 g/mol. The summed E-state index contributed by atoms with van der Waals surface area (Å²) < 4.78 is 0. The Bertz CT molecular complexity index is 1770. The molecule has 1 heteroatoms. The first-order valence-corrected chi connectivity index (χ1v) is 15.9. The van der Waals surface area contributed by atoms with E-state index in [-0.39, 0.29) is 0 Å². The average Bonchev–Trinajstić information content (AvgIpc) is 3.48. The summed E-state index contributed by atoms with van der Waals surface area (Å²) in [5, 5.41) is 3.25. The number of rotatable bonds is 5. The maximum absolute atomic E-state index is 2.37. The summed E-state index contributed by atoms with van der Waals surface area (Å²) in [6, 6.07) is 27.7. The van der Waals surface area contributed by atoms with Gasteiger partial charge in [0.2, 0.25) is 0 Å². The lowest BCUT2D eigenvalue weighted by atomic mass is 9.93. The van der Waals surface area contributed by atoms with Gasteiger partial charge in [0.15, 0.2) is 0 Å². The van der Waals surface area contributed by atoms with Crippen LogP contribution in [0.4, 0.5) is 0 Å². The standard InChI is InChI=1S/C40H36S/c1-27(29-13-15-32(16-14-29)30-9-5-3-6-10-30)25-35-21-24-38-37(28(35)2)23-22-36-26-39(41-40(36)38)34-19-17-33(18-20-34)31-11-7-4-8-12-31/h5,7,9-25,39H,3-4,6,8,26H2,1-2H3/b27-25+. The fraction of sp³-hybridized carbons (Fsp3) is 0.200. The zero-order valence-corrected chi connectivity index (χ0v) is 24.8. The average molecular weight is 549 g/mol. The highest BCUT2D eigenvalue weighted by atomic mass is 32.2. The van der Waals surface area contributed by atoms with Crippen LogP contribution in [0.1, 0.15) is 76.8 Å². The topological polar surface area (TPSA) is 0 Å². The number of benzene rings is 4. The molecule has 0 aromatic heterocycles. The van der Waals surface area contributed by atoms with Gasteiger partial charge in [-0.2, -0.15) is 0 Å². The molecule has 3 aliphatic rings. The number of hydrogen-bond acceptors (Lipinski definition) is 1. The van der Waals surface area contributed by atoms with Crippen molar-refractivity contribution in [3.8, 4) is 0 Å². The van der Waals surface area contributed by atoms with Crippen LogP contribution in [0.15, 0.2) is 114 Å². The molecule has 2 aliphatic carbocycles. The Morgan fingerprint density at radius 2 is 1.34 bits per heavy atom. The number of aryl methyl sites for hydroxylation is 1. The fourth-order valence-corrected chi connectivity index (χ4v) is 7.85. The maximum atomic E-state index is 2.37. The third kappa shape index (κ3) is 5.20. The van der Waals surface area contributed by atoms with Crippen molar-refractivity contribution in [2.75, 3.05) is 0 Å². The van der Waals surface area contributed by atoms with Crippen LogP contribution in [0.2, 0.25) is 0 Å². The molecule has 0 nitrogen and oxygen atoms in total. The van der Waals surface area contributed by atoms with Crippen LogP contribution >= 0.6 is 11.8 Å². The van der Waals surface area contributed by atoms with Crippen molar-refractivity contribution in [3.63, 3.8) is 0 Å². The Balaban J connectivity index is 1.12. The van der Waals surface area contributed by atoms with E-state index in [1.165, 1.54) is 71.3 Å². The van der Waals surface area contributed by atoms with Crippen LogP contribution in [0.5, 0.6) is 0 Å². The Hall–Kier alpha value is -3.81. The summed E-state index contributed by atoms with van der Waals surface area (Å²) in [6.07, 6.45) is 21.8. The fourth-order valence-electron chi connectivity index (χ4n) is 6.40. The van der Waals surface area contributed by atoms with Gasteiger partial charge in [0.05, 0.1) is 0 Å². The van der Waals surface area contributed by atoms with E-state index in [1.54, 1.807) is 0 Å². The van der Waals surface area contributed by atoms with Gasteiger partial charge >= 0.3 is 0 Å². The molecule has 0 saturated carbocycles. The second-order valence-electron chi connectivity index (χ2n) is 11.5. The molecule has 0 fully saturated rings. The molecule has 41 heavy (non-hydrogen) atoms. The number of thioether (sulfide) groups is 1. The first-order valence-electron chi connectivity index (χ1n) is 15.0. The molecule has 0 bridgehead atoms. The predicted molar refractivity (Wildman–Crippen MR) is 180 cm³/mol. The summed E-state index contributed by atoms with van der Waals surface area (Å²) in [5.41, 5.74) is 13.5. The highest BCUT2D eigenvalue weighted by Gasteiger charge is 2.26. The van der Waals surface area contributed by atoms with E-state index >= 15 is 0 Å². The zero-order chi connectivity index (χ0) is 27.8. The van der Waals surface area contributed by atoms with Gasteiger partial charge in [0.1, 0.15) is 0 Å². The summed E-state index contributed by atoms with van der Waals surface area (Å²) >= 11 is 2.05. The molecule has 4 aromatic carbocycles. The van der Waals surface area contributed by atoms with Gasteiger partial charge in [-0.15, -0.1) is 11.8 Å². The van der Waals surface area contributed by atoms with Crippen molar-refractivity contribution in [2.24, 2.45) is 0 Å². The highest BCUT2D eigenvalue weighted by molar-refractivity contribution is 8.00. The molecular formula is C40H36S. The van der Waals surface area contributed by atoms with Crippen molar-refractivity contribution >= 4 is 45.3 Å². The van der Waals surface area contributed by atoms with Crippen molar-refractivity contribution in [1.82, 2.24) is 0 Å². The summed E-state index contributed by atoms with van der Waals surface area (Å²) in [7, 11) is 0. The van der Waals surface area contributed by atoms with Crippen LogP contribution in [-0.4, -0.2) is 0 Å². The van der Waals surface area contributed by atoms with E-state index in [4.69, 9.17) is 0 Å². The quantitative estimate of drug-likeness (QED) is 0.224. The van der Waals surface area contributed by atoms with Crippen LogP contribution in [0.25, 0.3) is 33.6 Å². The van der Waals surface area contributed by atoms with Crippen LogP contribution in [-0.2, 0) is 6.42 Å². The lowest BCUT2D eigenvalue weighted by Gasteiger charge is -2.13. The summed E-state index contributed by atoms with van der Waals surface area (Å²) in [4.78, 5) is 1.46. The molecule has 0 amide bonds. The van der Waals surface area contributed by atoms with E-state index in [2.05, 4.69) is 129 Å². The van der Waals surface area contributed by atoms with Crippen LogP contribution < -0.4 is 0 Å². The number of fused-ring (bicyclic) bond motifs is 3. The number of hydrogen-bond donors (Lipinski definition) is 0. The molecule has 1 aliphatic heterocycles. The molecule has 1 unspecified atom stereocenters. The summed E-state index contributed by atoms with van der Waals surface area (Å²) in [6.45, 7) is 4.51. The van der Waals surface area contributed by atoms with E-state index in [1.807, 2.05) is 11.8 Å². The van der Waals surface area contributed by atoms with E-state index in [0.29, 0.717) is 5.25 Å². The molecule has 4 aromatic rings. The van der Waals surface area contributed by atoms with E-state index < -0.39 is 0 Å². The van der Waals surface area contributed by atoms with Gasteiger partial charge in [0, 0.05) is 10.1 Å². The monoisotopic (exact) mass is 548 g/mol. The lowest BCUT2D eigenvalue weighted by Crippen LogP contribution is -1.93. The Labute approximate surface area is 248 Å². The Kier molecular flexibility index (Phi) is 7.15. The van der Waals surface area contributed by atoms with Gasteiger partial charge in [-0.1, -0.05) is 115 Å². The molecule has 7 rings (SSSR count). The molecule has 1 atom stereocenters. The predicted octanol–water partition coefficient (Wildman–Crippen LogP) is 11.6. The normalized spacial score (nSPS) is 18.4. The molecule has 202 valence electrons. The minimum atomic E-state index is 0.477.